The topological polar surface area (TPSA) is 88.3 Å². The Kier molecular flexibility index (Phi) is 3.83. The molecular weight excluding hydrogens is 300 g/mol. The molecule has 0 radical (unpaired) electrons. The summed E-state index contributed by atoms with van der Waals surface area (Å²) in [6.45, 7) is 1.18. The zero-order valence-corrected chi connectivity index (χ0v) is 12.3. The highest BCUT2D eigenvalue weighted by atomic mass is 32.2. The van der Waals surface area contributed by atoms with Gasteiger partial charge in [0.2, 0.25) is 0 Å². The molecule has 0 aromatic carbocycles. The average Bonchev–Trinajstić information content (AvgIpc) is 3.16. The van der Waals surface area contributed by atoms with Crippen LogP contribution in [0.4, 0.5) is 0 Å². The van der Waals surface area contributed by atoms with Crippen LogP contribution in [0.5, 0.6) is 0 Å². The van der Waals surface area contributed by atoms with Crippen LogP contribution >= 0.6 is 11.3 Å². The lowest BCUT2D eigenvalue weighted by Gasteiger charge is -2.14. The molecule has 2 aromatic rings. The Balaban J connectivity index is 1.64. The fourth-order valence-corrected chi connectivity index (χ4v) is 3.88. The molecule has 0 saturated carbocycles. The molecule has 1 aliphatic rings. The summed E-state index contributed by atoms with van der Waals surface area (Å²) in [5, 5.41) is 5.69. The van der Waals surface area contributed by atoms with Gasteiger partial charge < -0.3 is 4.52 Å². The van der Waals surface area contributed by atoms with Crippen LogP contribution < -0.4 is 4.72 Å². The standard InChI is InChI=1S/C11H14N4O3S2/c16-20(17,15-5-1-2-6-15)12-8-10-13-11(18-14-10)9-4-3-7-19-9/h3-4,7,12H,1-2,5-6,8H2. The highest BCUT2D eigenvalue weighted by molar-refractivity contribution is 7.87. The van der Waals surface area contributed by atoms with E-state index < -0.39 is 10.2 Å². The van der Waals surface area contributed by atoms with E-state index in [4.69, 9.17) is 4.52 Å². The number of nitrogens with zero attached hydrogens (tertiary/aromatic N) is 3. The minimum atomic E-state index is -3.44. The van der Waals surface area contributed by atoms with Crippen molar-refractivity contribution in [2.24, 2.45) is 0 Å². The van der Waals surface area contributed by atoms with Gasteiger partial charge in [0.15, 0.2) is 5.82 Å². The van der Waals surface area contributed by atoms with Gasteiger partial charge in [-0.15, -0.1) is 11.3 Å². The molecule has 1 saturated heterocycles. The lowest BCUT2D eigenvalue weighted by molar-refractivity contribution is 0.420. The molecule has 0 amide bonds. The van der Waals surface area contributed by atoms with Gasteiger partial charge in [-0.3, -0.25) is 0 Å². The lowest BCUT2D eigenvalue weighted by atomic mass is 10.4. The summed E-state index contributed by atoms with van der Waals surface area (Å²) in [7, 11) is -3.44. The molecule has 1 N–H and O–H groups in total. The third-order valence-electron chi connectivity index (χ3n) is 3.02. The summed E-state index contributed by atoms with van der Waals surface area (Å²) < 4.78 is 33.0. The summed E-state index contributed by atoms with van der Waals surface area (Å²) in [6, 6.07) is 3.76. The van der Waals surface area contributed by atoms with E-state index in [-0.39, 0.29) is 6.54 Å². The molecule has 3 heterocycles. The van der Waals surface area contributed by atoms with Crippen molar-refractivity contribution < 1.29 is 12.9 Å². The molecule has 0 atom stereocenters. The van der Waals surface area contributed by atoms with Crippen molar-refractivity contribution in [1.29, 1.82) is 0 Å². The zero-order valence-electron chi connectivity index (χ0n) is 10.7. The Hall–Kier alpha value is -1.29. The number of nitrogens with one attached hydrogen (secondary N) is 1. The minimum Gasteiger partial charge on any atom is -0.333 e. The number of aromatic nitrogens is 2. The molecule has 0 bridgehead atoms. The van der Waals surface area contributed by atoms with Crippen molar-refractivity contribution in [2.45, 2.75) is 19.4 Å². The van der Waals surface area contributed by atoms with Gasteiger partial charge in [-0.2, -0.15) is 22.4 Å². The van der Waals surface area contributed by atoms with Crippen molar-refractivity contribution in [1.82, 2.24) is 19.2 Å². The van der Waals surface area contributed by atoms with Gasteiger partial charge in [-0.05, 0) is 24.3 Å². The second kappa shape index (κ2) is 5.60. The smallest absolute Gasteiger partial charge is 0.279 e. The zero-order chi connectivity index (χ0) is 14.0. The molecule has 2 aromatic heterocycles. The first kappa shape index (κ1) is 13.7. The second-order valence-electron chi connectivity index (χ2n) is 4.43. The molecular formula is C11H14N4O3S2. The third-order valence-corrected chi connectivity index (χ3v) is 5.43. The molecule has 1 aliphatic heterocycles. The van der Waals surface area contributed by atoms with Gasteiger partial charge in [0.05, 0.1) is 11.4 Å². The van der Waals surface area contributed by atoms with Crippen LogP contribution in [0.2, 0.25) is 0 Å². The van der Waals surface area contributed by atoms with E-state index in [0.29, 0.717) is 24.8 Å². The van der Waals surface area contributed by atoms with Gasteiger partial charge >= 0.3 is 0 Å². The van der Waals surface area contributed by atoms with Gasteiger partial charge in [0.1, 0.15) is 0 Å². The summed E-state index contributed by atoms with van der Waals surface area (Å²) in [6.07, 6.45) is 1.82. The Labute approximate surface area is 120 Å². The Bertz CT molecular complexity index is 660. The Morgan fingerprint density at radius 2 is 2.20 bits per heavy atom. The van der Waals surface area contributed by atoms with Crippen LogP contribution in [0, 0.1) is 0 Å². The molecule has 0 spiro atoms. The molecule has 1 fully saturated rings. The first-order valence-electron chi connectivity index (χ1n) is 6.26. The van der Waals surface area contributed by atoms with E-state index in [1.165, 1.54) is 15.6 Å². The van der Waals surface area contributed by atoms with E-state index >= 15 is 0 Å². The predicted octanol–water partition coefficient (Wildman–Crippen LogP) is 1.23. The number of hydrogen-bond acceptors (Lipinski definition) is 6. The fraction of sp³-hybridized carbons (Fsp3) is 0.455. The summed E-state index contributed by atoms with van der Waals surface area (Å²) in [5.74, 6) is 0.742. The highest BCUT2D eigenvalue weighted by Gasteiger charge is 2.25. The maximum Gasteiger partial charge on any atom is 0.279 e. The summed E-state index contributed by atoms with van der Waals surface area (Å²) in [4.78, 5) is 5.04. The average molecular weight is 314 g/mol. The first-order valence-corrected chi connectivity index (χ1v) is 8.58. The Morgan fingerprint density at radius 3 is 2.90 bits per heavy atom. The molecule has 0 aliphatic carbocycles. The molecule has 3 rings (SSSR count). The number of rotatable bonds is 5. The van der Waals surface area contributed by atoms with E-state index in [1.807, 2.05) is 17.5 Å². The van der Waals surface area contributed by atoms with E-state index in [2.05, 4.69) is 14.9 Å². The van der Waals surface area contributed by atoms with Crippen molar-refractivity contribution >= 4 is 21.5 Å². The van der Waals surface area contributed by atoms with Crippen LogP contribution in [0.3, 0.4) is 0 Å². The predicted molar refractivity (Wildman–Crippen MR) is 74.2 cm³/mol. The van der Waals surface area contributed by atoms with E-state index in [0.717, 1.165) is 17.7 Å². The van der Waals surface area contributed by atoms with Gasteiger partial charge in [-0.25, -0.2) is 0 Å². The maximum absolute atomic E-state index is 12.0. The largest absolute Gasteiger partial charge is 0.333 e. The van der Waals surface area contributed by atoms with E-state index in [9.17, 15) is 8.42 Å². The summed E-state index contributed by atoms with van der Waals surface area (Å²) >= 11 is 1.49. The lowest BCUT2D eigenvalue weighted by Crippen LogP contribution is -2.38. The van der Waals surface area contributed by atoms with Crippen LogP contribution in [-0.4, -0.2) is 36.0 Å². The number of thiophene rings is 1. The third kappa shape index (κ3) is 2.90. The number of hydrogen-bond donors (Lipinski definition) is 1. The van der Waals surface area contributed by atoms with Crippen LogP contribution in [0.25, 0.3) is 10.8 Å². The van der Waals surface area contributed by atoms with Crippen molar-refractivity contribution in [3.05, 3.63) is 23.3 Å². The van der Waals surface area contributed by atoms with Gasteiger partial charge in [0, 0.05) is 13.1 Å². The minimum absolute atomic E-state index is 0.0354. The van der Waals surface area contributed by atoms with Crippen LogP contribution in [0.1, 0.15) is 18.7 Å². The first-order chi connectivity index (χ1) is 9.65. The van der Waals surface area contributed by atoms with Crippen molar-refractivity contribution in [2.75, 3.05) is 13.1 Å². The van der Waals surface area contributed by atoms with Crippen molar-refractivity contribution in [3.63, 3.8) is 0 Å². The quantitative estimate of drug-likeness (QED) is 0.896. The van der Waals surface area contributed by atoms with Crippen molar-refractivity contribution in [3.8, 4) is 10.8 Å². The monoisotopic (exact) mass is 314 g/mol. The highest BCUT2D eigenvalue weighted by Crippen LogP contribution is 2.22. The van der Waals surface area contributed by atoms with Gasteiger partial charge in [-0.1, -0.05) is 11.2 Å². The van der Waals surface area contributed by atoms with Gasteiger partial charge in [0.25, 0.3) is 16.1 Å². The van der Waals surface area contributed by atoms with Crippen LogP contribution in [0.15, 0.2) is 22.0 Å². The SMILES string of the molecule is O=S(=O)(NCc1noc(-c2cccs2)n1)N1CCCC1. The maximum atomic E-state index is 12.0. The molecule has 108 valence electrons. The second-order valence-corrected chi connectivity index (χ2v) is 7.13. The summed E-state index contributed by atoms with van der Waals surface area (Å²) in [5.41, 5.74) is 0. The molecule has 7 nitrogen and oxygen atoms in total. The van der Waals surface area contributed by atoms with E-state index in [1.54, 1.807) is 0 Å². The fourth-order valence-electron chi connectivity index (χ4n) is 2.00. The van der Waals surface area contributed by atoms with Crippen LogP contribution in [-0.2, 0) is 16.8 Å². The Morgan fingerprint density at radius 1 is 1.40 bits per heavy atom. The molecule has 20 heavy (non-hydrogen) atoms. The molecule has 9 heteroatoms. The molecule has 0 unspecified atom stereocenters. The normalized spacial score (nSPS) is 16.8.